The summed E-state index contributed by atoms with van der Waals surface area (Å²) in [4.78, 5) is 12.8. The van der Waals surface area contributed by atoms with E-state index < -0.39 is 80.1 Å². The monoisotopic (exact) mass is 606 g/mol. The SMILES string of the molecule is C[C@@H]1O[C@@H](OC[C@@H]2O[C@H](O[C@H]3Cc4ccc(O)cc4OC(=O)C=C3c3ccc(O)cc3)[C@@H](O)[C@@H](O)[C@H]2O)[C@H](O)[C@@H](O)[C@H]1O. The smallest absolute Gasteiger partial charge is 0.336 e. The van der Waals surface area contributed by atoms with Crippen molar-refractivity contribution in [3.8, 4) is 17.2 Å². The average molecular weight is 607 g/mol. The number of aliphatic hydroxyl groups is 6. The van der Waals surface area contributed by atoms with E-state index in [0.717, 1.165) is 6.08 Å². The molecule has 0 saturated carbocycles. The Morgan fingerprint density at radius 1 is 0.791 bits per heavy atom. The van der Waals surface area contributed by atoms with Gasteiger partial charge in [-0.1, -0.05) is 18.2 Å². The molecule has 0 aliphatic carbocycles. The summed E-state index contributed by atoms with van der Waals surface area (Å²) >= 11 is 0. The molecule has 14 heteroatoms. The molecule has 11 atom stereocenters. The third kappa shape index (κ3) is 6.68. The van der Waals surface area contributed by atoms with Crippen LogP contribution in [-0.2, 0) is 30.2 Å². The van der Waals surface area contributed by atoms with Gasteiger partial charge in [0.2, 0.25) is 0 Å². The molecule has 3 aliphatic rings. The number of rotatable bonds is 6. The lowest BCUT2D eigenvalue weighted by Crippen LogP contribution is -2.61. The first-order valence-electron chi connectivity index (χ1n) is 13.6. The first-order chi connectivity index (χ1) is 20.4. The third-order valence-electron chi connectivity index (χ3n) is 7.69. The van der Waals surface area contributed by atoms with E-state index in [2.05, 4.69) is 0 Å². The normalized spacial score (nSPS) is 36.6. The van der Waals surface area contributed by atoms with Gasteiger partial charge >= 0.3 is 5.97 Å². The average Bonchev–Trinajstić information content (AvgIpc) is 2.97. The van der Waals surface area contributed by atoms with E-state index in [1.54, 1.807) is 12.1 Å². The molecular weight excluding hydrogens is 572 g/mol. The van der Waals surface area contributed by atoms with Crippen LogP contribution in [0.15, 0.2) is 48.5 Å². The van der Waals surface area contributed by atoms with Crippen LogP contribution in [0, 0.1) is 0 Å². The van der Waals surface area contributed by atoms with Crippen molar-refractivity contribution in [1.29, 1.82) is 0 Å². The zero-order valence-electron chi connectivity index (χ0n) is 22.9. The zero-order chi connectivity index (χ0) is 31.0. The van der Waals surface area contributed by atoms with Crippen LogP contribution in [0.3, 0.4) is 0 Å². The van der Waals surface area contributed by atoms with E-state index in [1.165, 1.54) is 37.3 Å². The molecule has 0 amide bonds. The number of benzene rings is 2. The van der Waals surface area contributed by atoms with Crippen LogP contribution in [0.5, 0.6) is 17.2 Å². The molecule has 0 bridgehead atoms. The standard InChI is InChI=1S/C29H34O14/c1-12-22(33)24(35)26(37)28(40-12)39-11-20-23(34)25(36)27(38)29(43-20)42-19-8-14-4-7-16(31)9-18(14)41-21(32)10-17(19)13-2-5-15(30)6-3-13/h2-7,9-10,12,19-20,22-31,33-38H,8,11H2,1H3/t12-,19-,20-,22-,23-,24-,25-,26+,27-,28+,29-/m0/s1. The molecule has 2 fully saturated rings. The molecular formula is C29H34O14. The second kappa shape index (κ2) is 12.8. The van der Waals surface area contributed by atoms with E-state index >= 15 is 0 Å². The second-order valence-corrected chi connectivity index (χ2v) is 10.7. The van der Waals surface area contributed by atoms with Gasteiger partial charge in [0.15, 0.2) is 12.6 Å². The minimum atomic E-state index is -1.76. The summed E-state index contributed by atoms with van der Waals surface area (Å²) < 4.78 is 28.3. The Balaban J connectivity index is 1.39. The summed E-state index contributed by atoms with van der Waals surface area (Å²) in [6.07, 6.45) is -14.7. The van der Waals surface area contributed by atoms with Crippen molar-refractivity contribution in [2.75, 3.05) is 6.61 Å². The predicted octanol–water partition coefficient (Wildman–Crippen LogP) is -1.32. The van der Waals surface area contributed by atoms with E-state index in [9.17, 15) is 45.6 Å². The molecule has 3 aliphatic heterocycles. The molecule has 3 heterocycles. The lowest BCUT2D eigenvalue weighted by atomic mass is 9.93. The molecule has 0 aromatic heterocycles. The number of aliphatic hydroxyl groups excluding tert-OH is 6. The summed E-state index contributed by atoms with van der Waals surface area (Å²) in [5, 5.41) is 82.0. The van der Waals surface area contributed by atoms with Crippen molar-refractivity contribution in [2.45, 2.75) is 80.9 Å². The first kappa shape index (κ1) is 31.3. The first-order valence-corrected chi connectivity index (χ1v) is 13.6. The van der Waals surface area contributed by atoms with Crippen LogP contribution < -0.4 is 4.74 Å². The Kier molecular flexibility index (Phi) is 9.34. The summed E-state index contributed by atoms with van der Waals surface area (Å²) in [7, 11) is 0. The number of aromatic hydroxyl groups is 2. The van der Waals surface area contributed by atoms with E-state index in [-0.39, 0.29) is 29.2 Å². The molecule has 0 unspecified atom stereocenters. The molecule has 0 spiro atoms. The topological polar surface area (TPSA) is 225 Å². The van der Waals surface area contributed by atoms with Crippen molar-refractivity contribution < 1.29 is 69.3 Å². The summed E-state index contributed by atoms with van der Waals surface area (Å²) in [6.45, 7) is 0.984. The van der Waals surface area contributed by atoms with Crippen LogP contribution in [0.2, 0.25) is 0 Å². The van der Waals surface area contributed by atoms with Gasteiger partial charge in [0.05, 0.1) is 18.8 Å². The quantitative estimate of drug-likeness (QED) is 0.141. The minimum Gasteiger partial charge on any atom is -0.508 e. The Hall–Kier alpha value is -3.15. The highest BCUT2D eigenvalue weighted by atomic mass is 16.7. The number of phenols is 2. The number of hydrogen-bond acceptors (Lipinski definition) is 14. The van der Waals surface area contributed by atoms with Crippen molar-refractivity contribution in [3.63, 3.8) is 0 Å². The Bertz CT molecular complexity index is 1310. The van der Waals surface area contributed by atoms with Gasteiger partial charge < -0.3 is 64.5 Å². The third-order valence-corrected chi connectivity index (χ3v) is 7.69. The lowest BCUT2D eigenvalue weighted by Gasteiger charge is -2.43. The maximum Gasteiger partial charge on any atom is 0.336 e. The fourth-order valence-corrected chi connectivity index (χ4v) is 5.19. The summed E-state index contributed by atoms with van der Waals surface area (Å²) in [5.74, 6) is -0.867. The highest BCUT2D eigenvalue weighted by Gasteiger charge is 2.47. The molecule has 5 rings (SSSR count). The molecule has 0 radical (unpaired) electrons. The Morgan fingerprint density at radius 3 is 2.16 bits per heavy atom. The number of ether oxygens (including phenoxy) is 5. The molecule has 2 aromatic rings. The van der Waals surface area contributed by atoms with E-state index in [1.807, 2.05) is 0 Å². The largest absolute Gasteiger partial charge is 0.508 e. The number of hydrogen-bond donors (Lipinski definition) is 8. The maximum absolute atomic E-state index is 12.8. The van der Waals surface area contributed by atoms with Crippen molar-refractivity contribution in [2.24, 2.45) is 0 Å². The number of esters is 1. The maximum atomic E-state index is 12.8. The molecule has 2 aromatic carbocycles. The van der Waals surface area contributed by atoms with Crippen molar-refractivity contribution in [1.82, 2.24) is 0 Å². The van der Waals surface area contributed by atoms with Crippen LogP contribution >= 0.6 is 0 Å². The van der Waals surface area contributed by atoms with Crippen LogP contribution in [0.25, 0.3) is 5.57 Å². The van der Waals surface area contributed by atoms with E-state index in [4.69, 9.17) is 23.7 Å². The van der Waals surface area contributed by atoms with Gasteiger partial charge in [-0.15, -0.1) is 0 Å². The Labute approximate surface area is 245 Å². The summed E-state index contributed by atoms with van der Waals surface area (Å²) in [6, 6.07) is 10.1. The van der Waals surface area contributed by atoms with Crippen molar-refractivity contribution in [3.05, 3.63) is 59.7 Å². The highest BCUT2D eigenvalue weighted by Crippen LogP contribution is 2.35. The van der Waals surface area contributed by atoms with Gasteiger partial charge in [0.1, 0.15) is 60.0 Å². The highest BCUT2D eigenvalue weighted by molar-refractivity contribution is 5.94. The number of phenolic OH excluding ortho intramolecular Hbond substituents is 2. The number of carbonyl (C=O) groups excluding carboxylic acids is 1. The van der Waals surface area contributed by atoms with E-state index in [0.29, 0.717) is 11.1 Å². The zero-order valence-corrected chi connectivity index (χ0v) is 22.9. The van der Waals surface area contributed by atoms with Crippen LogP contribution in [0.4, 0.5) is 0 Å². The second-order valence-electron chi connectivity index (χ2n) is 10.7. The number of carbonyl (C=O) groups is 1. The molecule has 8 N–H and O–H groups in total. The molecule has 43 heavy (non-hydrogen) atoms. The van der Waals surface area contributed by atoms with Gasteiger partial charge in [-0.05, 0) is 41.8 Å². The summed E-state index contributed by atoms with van der Waals surface area (Å²) in [5.41, 5.74) is 1.21. The van der Waals surface area contributed by atoms with Gasteiger partial charge in [-0.3, -0.25) is 0 Å². The van der Waals surface area contributed by atoms with Gasteiger partial charge in [0.25, 0.3) is 0 Å². The number of fused-ring (bicyclic) bond motifs is 1. The lowest BCUT2D eigenvalue weighted by molar-refractivity contribution is -0.330. The van der Waals surface area contributed by atoms with Gasteiger partial charge in [0, 0.05) is 18.6 Å². The van der Waals surface area contributed by atoms with Crippen molar-refractivity contribution >= 4 is 11.5 Å². The van der Waals surface area contributed by atoms with Gasteiger partial charge in [-0.25, -0.2) is 4.79 Å². The molecule has 234 valence electrons. The predicted molar refractivity (Wildman–Crippen MR) is 143 cm³/mol. The minimum absolute atomic E-state index is 0.0227. The van der Waals surface area contributed by atoms with Gasteiger partial charge in [-0.2, -0.15) is 0 Å². The molecule has 2 saturated heterocycles. The van der Waals surface area contributed by atoms with Crippen LogP contribution in [-0.4, -0.2) is 121 Å². The fraction of sp³-hybridized carbons (Fsp3) is 0.483. The molecule has 14 nitrogen and oxygen atoms in total. The van der Waals surface area contributed by atoms with Crippen LogP contribution in [0.1, 0.15) is 18.1 Å². The Morgan fingerprint density at radius 2 is 1.44 bits per heavy atom. The fourth-order valence-electron chi connectivity index (χ4n) is 5.19.